The Kier molecular flexibility index (Phi) is 9.72. The summed E-state index contributed by atoms with van der Waals surface area (Å²) < 4.78 is 61.2. The molecule has 0 spiro atoms. The Morgan fingerprint density at radius 1 is 1.06 bits per heavy atom. The van der Waals surface area contributed by atoms with Crippen molar-refractivity contribution in [3.63, 3.8) is 0 Å². The van der Waals surface area contributed by atoms with Crippen molar-refractivity contribution in [2.24, 2.45) is 0 Å². The molecule has 0 aliphatic carbocycles. The number of ether oxygens (including phenoxy) is 5. The van der Waals surface area contributed by atoms with Gasteiger partial charge in [0.15, 0.2) is 17.7 Å². The monoisotopic (exact) mass is 677 g/mol. The molecule has 3 aliphatic heterocycles. The number of pyridine rings is 1. The van der Waals surface area contributed by atoms with Gasteiger partial charge in [0.25, 0.3) is 0 Å². The van der Waals surface area contributed by atoms with Crippen LogP contribution in [0.25, 0.3) is 28.0 Å². The first-order chi connectivity index (χ1) is 23.2. The number of aromatic nitrogens is 2. The molecule has 11 heteroatoms. The molecule has 1 fully saturated rings. The first kappa shape index (κ1) is 34.8. The van der Waals surface area contributed by atoms with Crippen molar-refractivity contribution in [3.05, 3.63) is 71.4 Å². The lowest BCUT2D eigenvalue weighted by molar-refractivity contribution is -0.164. The van der Waals surface area contributed by atoms with Crippen molar-refractivity contribution in [3.8, 4) is 28.1 Å². The van der Waals surface area contributed by atoms with Gasteiger partial charge in [-0.3, -0.25) is 4.40 Å². The van der Waals surface area contributed by atoms with E-state index in [0.717, 1.165) is 41.9 Å². The molecule has 1 saturated heterocycles. The van der Waals surface area contributed by atoms with Crippen LogP contribution < -0.4 is 9.64 Å². The summed E-state index contributed by atoms with van der Waals surface area (Å²) in [6, 6.07) is 11.7. The zero-order valence-electron chi connectivity index (χ0n) is 29.3. The number of anilines is 1. The summed E-state index contributed by atoms with van der Waals surface area (Å²) in [7, 11) is 1.37. The van der Waals surface area contributed by atoms with E-state index >= 15 is 0 Å². The molecule has 0 N–H and O–H groups in total. The molecule has 6 bridgehead atoms. The number of carbonyl (C=O) groups excluding carboxylic acids is 1. The number of carbonyl (C=O) groups is 1. The van der Waals surface area contributed by atoms with E-state index in [-0.39, 0.29) is 18.0 Å². The van der Waals surface area contributed by atoms with Crippen LogP contribution in [0.5, 0.6) is 5.75 Å². The van der Waals surface area contributed by atoms with Crippen molar-refractivity contribution >= 4 is 17.4 Å². The Morgan fingerprint density at radius 3 is 2.49 bits per heavy atom. The average molecular weight is 678 g/mol. The molecular formula is C38H45F2N3O6. The van der Waals surface area contributed by atoms with Crippen molar-refractivity contribution in [2.45, 2.75) is 77.8 Å². The molecule has 3 aliphatic rings. The van der Waals surface area contributed by atoms with Crippen LogP contribution in [0.3, 0.4) is 0 Å². The van der Waals surface area contributed by atoms with Gasteiger partial charge in [0.2, 0.25) is 0 Å². The minimum Gasteiger partial charge on any atom is -0.488 e. The maximum atomic E-state index is 14.7. The Morgan fingerprint density at radius 2 is 1.78 bits per heavy atom. The number of rotatable bonds is 3. The number of imidazole rings is 1. The number of hydrogen-bond donors (Lipinski definition) is 0. The maximum Gasteiger partial charge on any atom is 0.339 e. The summed E-state index contributed by atoms with van der Waals surface area (Å²) in [5.41, 5.74) is 3.69. The molecule has 0 saturated carbocycles. The molecule has 5 heterocycles. The normalized spacial score (nSPS) is 20.9. The Bertz CT molecular complexity index is 1840. The lowest BCUT2D eigenvalue weighted by Gasteiger charge is -2.41. The van der Waals surface area contributed by atoms with Gasteiger partial charge in [0.05, 0.1) is 43.8 Å². The fourth-order valence-corrected chi connectivity index (χ4v) is 6.60. The lowest BCUT2D eigenvalue weighted by Crippen LogP contribution is -2.46. The topological polar surface area (TPSA) is 83.8 Å². The summed E-state index contributed by atoms with van der Waals surface area (Å²) in [4.78, 5) is 20.7. The molecule has 7 rings (SSSR count). The van der Waals surface area contributed by atoms with Crippen LogP contribution in [-0.2, 0) is 23.7 Å². The quantitative estimate of drug-likeness (QED) is 0.163. The van der Waals surface area contributed by atoms with E-state index in [9.17, 15) is 13.6 Å². The largest absolute Gasteiger partial charge is 0.488 e. The predicted molar refractivity (Wildman–Crippen MR) is 183 cm³/mol. The van der Waals surface area contributed by atoms with E-state index in [1.54, 1.807) is 0 Å². The van der Waals surface area contributed by atoms with E-state index in [4.69, 9.17) is 28.7 Å². The molecule has 0 radical (unpaired) electrons. The second-order valence-electron chi connectivity index (χ2n) is 14.2. The zero-order chi connectivity index (χ0) is 35.1. The first-order valence-electron chi connectivity index (χ1n) is 16.8. The number of esters is 1. The van der Waals surface area contributed by atoms with E-state index < -0.39 is 35.4 Å². The average Bonchev–Trinajstić information content (AvgIpc) is 3.47. The molecule has 262 valence electrons. The number of aryl methyl sites for hydroxylation is 1. The molecule has 2 aromatic heterocycles. The van der Waals surface area contributed by atoms with Gasteiger partial charge >= 0.3 is 5.97 Å². The number of hydrogen-bond acceptors (Lipinski definition) is 8. The SMILES string of the molecule is COC(=O)[C@@H](OC(C)(C)C)c1c(C)cc2nc3cn2c1N1CCC(C)(CC1)OCCOC[C@H](C)Oc1cc(F)c(F)cc1-c1cccc-3c1. The summed E-state index contributed by atoms with van der Waals surface area (Å²) in [5.74, 6) is -1.45. The fraction of sp³-hybridized carbons (Fsp3) is 0.474. The van der Waals surface area contributed by atoms with Gasteiger partial charge in [0, 0.05) is 42.0 Å². The van der Waals surface area contributed by atoms with Gasteiger partial charge in [-0.25, -0.2) is 18.6 Å². The van der Waals surface area contributed by atoms with E-state index in [1.807, 2.05) is 75.5 Å². The smallest absolute Gasteiger partial charge is 0.339 e. The number of benzene rings is 2. The Balaban J connectivity index is 1.55. The van der Waals surface area contributed by atoms with Gasteiger partial charge in [-0.1, -0.05) is 18.2 Å². The highest BCUT2D eigenvalue weighted by Gasteiger charge is 2.37. The van der Waals surface area contributed by atoms with Gasteiger partial charge in [-0.05, 0) is 83.7 Å². The highest BCUT2D eigenvalue weighted by Crippen LogP contribution is 2.40. The second kappa shape index (κ2) is 13.7. The van der Waals surface area contributed by atoms with Crippen molar-refractivity contribution < 1.29 is 37.3 Å². The van der Waals surface area contributed by atoms with Crippen LogP contribution >= 0.6 is 0 Å². The molecule has 4 aromatic rings. The number of piperidine rings is 1. The Labute approximate surface area is 286 Å². The summed E-state index contributed by atoms with van der Waals surface area (Å²) in [5, 5.41) is 0. The highest BCUT2D eigenvalue weighted by atomic mass is 19.2. The minimum absolute atomic E-state index is 0.209. The van der Waals surface area contributed by atoms with Gasteiger partial charge < -0.3 is 28.6 Å². The third-order valence-electron chi connectivity index (χ3n) is 9.09. The molecule has 2 aromatic carbocycles. The van der Waals surface area contributed by atoms with E-state index in [2.05, 4.69) is 11.8 Å². The van der Waals surface area contributed by atoms with E-state index in [0.29, 0.717) is 54.3 Å². The maximum absolute atomic E-state index is 14.7. The second-order valence-corrected chi connectivity index (χ2v) is 14.2. The van der Waals surface area contributed by atoms with E-state index in [1.165, 1.54) is 7.11 Å². The van der Waals surface area contributed by atoms with Crippen molar-refractivity contribution in [1.82, 2.24) is 9.38 Å². The number of halogens is 2. The predicted octanol–water partition coefficient (Wildman–Crippen LogP) is 7.46. The van der Waals surface area contributed by atoms with Crippen LogP contribution in [0.15, 0.2) is 48.7 Å². The summed E-state index contributed by atoms with van der Waals surface area (Å²) in [6.07, 6.45) is 2.02. The van der Waals surface area contributed by atoms with Gasteiger partial charge in [-0.2, -0.15) is 0 Å². The molecule has 0 unspecified atom stereocenters. The number of fused-ring (bicyclic) bond motifs is 8. The standard InChI is InChI=1S/C38H45F2N3O6/c1-23-17-32-41-30-21-43(32)35(33(23)34(36(44)45-7)49-37(3,4)5)42-13-11-38(6,12-14-42)47-16-15-46-22-24(2)48-31-20-29(40)28(39)19-27(31)25-9-8-10-26(30)18-25/h8-10,17-21,24,34H,11-16,22H2,1-7H3/t24-,34-/m0/s1. The fourth-order valence-electron chi connectivity index (χ4n) is 6.60. The van der Waals surface area contributed by atoms with Crippen LogP contribution in [0.1, 0.15) is 64.7 Å². The lowest BCUT2D eigenvalue weighted by atomic mass is 9.92. The highest BCUT2D eigenvalue weighted by molar-refractivity contribution is 5.81. The van der Waals surface area contributed by atoms with Crippen LogP contribution in [0.2, 0.25) is 0 Å². The molecular weight excluding hydrogens is 632 g/mol. The van der Waals surface area contributed by atoms with Crippen LogP contribution in [-0.4, -0.2) is 72.7 Å². The molecule has 2 atom stereocenters. The number of methoxy groups -OCH3 is 1. The first-order valence-corrected chi connectivity index (χ1v) is 16.8. The third kappa shape index (κ3) is 7.44. The summed E-state index contributed by atoms with van der Waals surface area (Å²) >= 11 is 0. The summed E-state index contributed by atoms with van der Waals surface area (Å²) in [6.45, 7) is 14.0. The van der Waals surface area contributed by atoms with Crippen LogP contribution in [0, 0.1) is 18.6 Å². The van der Waals surface area contributed by atoms with Crippen molar-refractivity contribution in [2.75, 3.05) is 44.9 Å². The molecule has 0 amide bonds. The molecule has 49 heavy (non-hydrogen) atoms. The number of nitrogens with zero attached hydrogens (tertiary/aromatic N) is 3. The van der Waals surface area contributed by atoms with Crippen LogP contribution in [0.4, 0.5) is 14.6 Å². The Hall–Kier alpha value is -4.06. The van der Waals surface area contributed by atoms with Gasteiger partial charge in [0.1, 0.15) is 23.3 Å². The minimum atomic E-state index is -0.996. The van der Waals surface area contributed by atoms with Crippen molar-refractivity contribution in [1.29, 1.82) is 0 Å². The zero-order valence-corrected chi connectivity index (χ0v) is 29.3. The third-order valence-corrected chi connectivity index (χ3v) is 9.09. The van der Waals surface area contributed by atoms with Gasteiger partial charge in [-0.15, -0.1) is 0 Å². The molecule has 9 nitrogen and oxygen atoms in total.